The molecule has 9 heavy (non-hydrogen) atoms. The van der Waals surface area contributed by atoms with Crippen LogP contribution in [-0.4, -0.2) is 45.5 Å². The Kier molecular flexibility index (Phi) is 22.3. The van der Waals surface area contributed by atoms with Crippen molar-refractivity contribution >= 4 is 47.3 Å². The van der Waals surface area contributed by atoms with Gasteiger partial charge < -0.3 is 14.7 Å². The van der Waals surface area contributed by atoms with Crippen LogP contribution in [0, 0.1) is 0 Å². The monoisotopic (exact) mass is 370 g/mol. The summed E-state index contributed by atoms with van der Waals surface area (Å²) in [5.74, 6) is 0. The van der Waals surface area contributed by atoms with Crippen molar-refractivity contribution < 1.29 is 28.0 Å². The first kappa shape index (κ1) is 16.7. The summed E-state index contributed by atoms with van der Waals surface area (Å²) in [6.07, 6.45) is 0. The minimum absolute atomic E-state index is 0. The van der Waals surface area contributed by atoms with E-state index in [0.29, 0.717) is 0 Å². The van der Waals surface area contributed by atoms with Crippen molar-refractivity contribution in [3.8, 4) is 0 Å². The Morgan fingerprint density at radius 2 is 1.33 bits per heavy atom. The molecular formula is H3O6PPbS. The maximum Gasteiger partial charge on any atom is 2.00 e. The Hall–Kier alpha value is 1.30. The van der Waals surface area contributed by atoms with Crippen molar-refractivity contribution in [3.63, 3.8) is 0 Å². The van der Waals surface area contributed by atoms with Crippen molar-refractivity contribution in [2.45, 2.75) is 0 Å². The smallest absolute Gasteiger partial charge is 0.820 e. The predicted molar refractivity (Wildman–Crippen MR) is 28.3 cm³/mol. The average Bonchev–Trinajstić information content (AvgIpc) is 1.25. The molecule has 0 rings (SSSR count). The largest absolute Gasteiger partial charge is 2.00 e. The molecule has 0 aliphatic carbocycles. The van der Waals surface area contributed by atoms with E-state index < -0.39 is 20.0 Å². The van der Waals surface area contributed by atoms with Crippen molar-refractivity contribution in [2.24, 2.45) is 0 Å². The minimum atomic E-state index is -3.12. The van der Waals surface area contributed by atoms with Gasteiger partial charge in [0.1, 0.15) is 0 Å². The van der Waals surface area contributed by atoms with E-state index in [1.165, 1.54) is 0 Å². The van der Waals surface area contributed by atoms with E-state index in [1.54, 1.807) is 0 Å². The zero-order chi connectivity index (χ0) is 7.15. The van der Waals surface area contributed by atoms with Gasteiger partial charge in [0, 0.05) is 0 Å². The molecule has 0 spiro atoms. The molecular weight excluding hydrogens is 366 g/mol. The topological polar surface area (TPSA) is 124 Å². The SMILES string of the molecule is O=S(O)O.[O-]P([O-])O.[Pb+2]. The molecule has 0 bridgehead atoms. The van der Waals surface area contributed by atoms with E-state index >= 15 is 0 Å². The molecule has 0 saturated carbocycles. The van der Waals surface area contributed by atoms with Gasteiger partial charge >= 0.3 is 27.3 Å². The quantitative estimate of drug-likeness (QED) is 0.241. The molecule has 6 nitrogen and oxygen atoms in total. The van der Waals surface area contributed by atoms with Gasteiger partial charge in [-0.2, -0.15) is 12.8 Å². The molecule has 0 atom stereocenters. The molecule has 0 aromatic heterocycles. The second-order valence-electron chi connectivity index (χ2n) is 0.469. The van der Waals surface area contributed by atoms with Crippen LogP contribution >= 0.6 is 8.60 Å². The second-order valence-corrected chi connectivity index (χ2v) is 1.41. The standard InChI is InChI=1S/HO3P.H2O3S.Pb/c2*1-4(2)3;/h1H;(H2,1,2,3);/q-2;;+2. The molecule has 0 aliphatic heterocycles. The Labute approximate surface area is 75.2 Å². The van der Waals surface area contributed by atoms with Crippen LogP contribution in [-0.2, 0) is 11.4 Å². The van der Waals surface area contributed by atoms with Crippen molar-refractivity contribution in [1.29, 1.82) is 0 Å². The second kappa shape index (κ2) is 12.0. The summed E-state index contributed by atoms with van der Waals surface area (Å²) in [6.45, 7) is 0. The van der Waals surface area contributed by atoms with Crippen molar-refractivity contribution in [3.05, 3.63) is 0 Å². The summed E-state index contributed by atoms with van der Waals surface area (Å²) in [5, 5.41) is 0. The van der Waals surface area contributed by atoms with Crippen LogP contribution in [0.5, 0.6) is 0 Å². The fourth-order valence-corrected chi connectivity index (χ4v) is 0. The predicted octanol–water partition coefficient (Wildman–Crippen LogP) is -2.77. The molecule has 3 N–H and O–H groups in total. The van der Waals surface area contributed by atoms with Gasteiger partial charge in [0.25, 0.3) is 11.4 Å². The van der Waals surface area contributed by atoms with Crippen LogP contribution in [0.3, 0.4) is 0 Å². The molecule has 2 radical (unpaired) electrons. The normalized spacial score (nSPS) is 7.89. The Bertz CT molecular complexity index is 57.3. The molecule has 54 valence electrons. The maximum absolute atomic E-state index is 8.67. The number of hydrogen-bond acceptors (Lipinski definition) is 4. The molecule has 0 saturated heterocycles. The van der Waals surface area contributed by atoms with Gasteiger partial charge in [-0.25, -0.2) is 0 Å². The van der Waals surface area contributed by atoms with Crippen LogP contribution < -0.4 is 9.79 Å². The first-order chi connectivity index (χ1) is 3.46. The summed E-state index contributed by atoms with van der Waals surface area (Å²) < 4.78 is 22.8. The molecule has 0 fully saturated rings. The first-order valence-electron chi connectivity index (χ1n) is 1.10. The van der Waals surface area contributed by atoms with Crippen LogP contribution in [0.15, 0.2) is 0 Å². The summed E-state index contributed by atoms with van der Waals surface area (Å²) in [5.41, 5.74) is 0. The van der Waals surface area contributed by atoms with E-state index in [0.717, 1.165) is 0 Å². The molecule has 0 aliphatic rings. The zero-order valence-corrected chi connectivity index (χ0v) is 9.52. The average molecular weight is 369 g/mol. The minimum Gasteiger partial charge on any atom is -0.820 e. The fraction of sp³-hybridized carbons (Fsp3) is 0. The summed E-state index contributed by atoms with van der Waals surface area (Å²) in [6, 6.07) is 0. The van der Waals surface area contributed by atoms with E-state index in [4.69, 9.17) is 28.0 Å². The number of hydrogen-bond donors (Lipinski definition) is 3. The van der Waals surface area contributed by atoms with Gasteiger partial charge in [-0.05, 0) is 0 Å². The number of rotatable bonds is 0. The Morgan fingerprint density at radius 3 is 1.33 bits per heavy atom. The fourth-order valence-electron chi connectivity index (χ4n) is 0. The summed E-state index contributed by atoms with van der Waals surface area (Å²) >= 11 is -2.61. The first-order valence-corrected chi connectivity index (χ1v) is 3.29. The van der Waals surface area contributed by atoms with E-state index in [-0.39, 0.29) is 27.3 Å². The maximum atomic E-state index is 8.67. The van der Waals surface area contributed by atoms with Crippen LogP contribution in [0.1, 0.15) is 0 Å². The third kappa shape index (κ3) is 293. The summed E-state index contributed by atoms with van der Waals surface area (Å²) in [4.78, 5) is 24.2. The summed E-state index contributed by atoms with van der Waals surface area (Å²) in [7, 11) is -3.12. The molecule has 0 aromatic rings. The van der Waals surface area contributed by atoms with Gasteiger partial charge in [-0.15, -0.1) is 0 Å². The van der Waals surface area contributed by atoms with E-state index in [9.17, 15) is 0 Å². The molecule has 0 aromatic carbocycles. The van der Waals surface area contributed by atoms with Crippen molar-refractivity contribution in [2.75, 3.05) is 0 Å². The molecule has 9 heteroatoms. The van der Waals surface area contributed by atoms with E-state index in [2.05, 4.69) is 0 Å². The Morgan fingerprint density at radius 1 is 1.33 bits per heavy atom. The van der Waals surface area contributed by atoms with Crippen LogP contribution in [0.25, 0.3) is 0 Å². The van der Waals surface area contributed by atoms with Gasteiger partial charge in [0.15, 0.2) is 0 Å². The third-order valence-electron chi connectivity index (χ3n) is 0. The van der Waals surface area contributed by atoms with Crippen LogP contribution in [0.4, 0.5) is 0 Å². The van der Waals surface area contributed by atoms with Gasteiger partial charge in [0.05, 0.1) is 0 Å². The van der Waals surface area contributed by atoms with Crippen LogP contribution in [0.2, 0.25) is 0 Å². The van der Waals surface area contributed by atoms with Gasteiger partial charge in [-0.3, -0.25) is 9.11 Å². The molecule has 0 heterocycles. The third-order valence-corrected chi connectivity index (χ3v) is 0. The molecule has 0 unspecified atom stereocenters. The Balaban J connectivity index is -0.0000000720. The van der Waals surface area contributed by atoms with Crippen molar-refractivity contribution in [1.82, 2.24) is 0 Å². The van der Waals surface area contributed by atoms with Gasteiger partial charge in [-0.1, -0.05) is 0 Å². The molecule has 0 amide bonds. The zero-order valence-electron chi connectivity index (χ0n) is 3.92. The van der Waals surface area contributed by atoms with Gasteiger partial charge in [0.2, 0.25) is 0 Å². The van der Waals surface area contributed by atoms with E-state index in [1.807, 2.05) is 0 Å².